The Hall–Kier alpha value is -5.33. The van der Waals surface area contributed by atoms with Crippen molar-refractivity contribution in [3.8, 4) is 17.0 Å². The van der Waals surface area contributed by atoms with Gasteiger partial charge in [-0.1, -0.05) is 41.9 Å². The summed E-state index contributed by atoms with van der Waals surface area (Å²) in [6.07, 6.45) is 4.49. The van der Waals surface area contributed by atoms with E-state index in [0.717, 1.165) is 24.0 Å². The van der Waals surface area contributed by atoms with Crippen LogP contribution in [0.4, 0.5) is 5.82 Å². The Balaban J connectivity index is 1.26. The van der Waals surface area contributed by atoms with Gasteiger partial charge in [0.2, 0.25) is 5.91 Å². The first-order valence-corrected chi connectivity index (χ1v) is 16.6. The van der Waals surface area contributed by atoms with Gasteiger partial charge < -0.3 is 20.9 Å². The summed E-state index contributed by atoms with van der Waals surface area (Å²) in [5.41, 5.74) is 9.98. The van der Waals surface area contributed by atoms with Crippen molar-refractivity contribution >= 4 is 45.3 Å². The molecule has 0 bridgehead atoms. The molecule has 13 heteroatoms. The van der Waals surface area contributed by atoms with Crippen molar-refractivity contribution in [2.45, 2.75) is 51.2 Å². The molecule has 250 valence electrons. The molecule has 49 heavy (non-hydrogen) atoms. The molecule has 7 rings (SSSR count). The van der Waals surface area contributed by atoms with Gasteiger partial charge in [-0.2, -0.15) is 5.10 Å². The molecular weight excluding hydrogens is 644 g/mol. The van der Waals surface area contributed by atoms with E-state index in [2.05, 4.69) is 15.3 Å². The van der Waals surface area contributed by atoms with E-state index >= 15 is 0 Å². The fourth-order valence-electron chi connectivity index (χ4n) is 6.34. The molecule has 4 N–H and O–H groups in total. The van der Waals surface area contributed by atoms with Crippen LogP contribution in [-0.4, -0.2) is 59.6 Å². The number of ether oxygens (including phenoxy) is 1. The van der Waals surface area contributed by atoms with Crippen molar-refractivity contribution < 1.29 is 14.6 Å². The number of benzene rings is 3. The molecule has 0 radical (unpaired) electrons. The standard InChI is InChI=1S/C36H35ClN8O4/c37-27-8-2-1-5-24(27)19-44-29(20-45-35-32(34(38)39-21-40-35)33(43-45)23-11-13-26(46)14-12-23)42-28-9-3-6-22(31(28)36(44)48)7-4-10-30(47)41-25-15-17-49-18-16-25/h1-3,5-6,8-9,11-14,21,25,46H,4,7,10,15-20H2,(H,41,47)(H2,38,39,40). The number of rotatable bonds is 10. The third-order valence-electron chi connectivity index (χ3n) is 8.86. The maximum atomic E-state index is 14.5. The first-order valence-electron chi connectivity index (χ1n) is 16.2. The summed E-state index contributed by atoms with van der Waals surface area (Å²) in [4.78, 5) is 40.9. The van der Waals surface area contributed by atoms with Gasteiger partial charge in [0.25, 0.3) is 5.56 Å². The normalized spacial score (nSPS) is 13.7. The van der Waals surface area contributed by atoms with Crippen molar-refractivity contribution in [2.75, 3.05) is 18.9 Å². The summed E-state index contributed by atoms with van der Waals surface area (Å²) >= 11 is 6.59. The average molecular weight is 679 g/mol. The van der Waals surface area contributed by atoms with E-state index in [1.54, 1.807) is 39.6 Å². The first kappa shape index (κ1) is 32.2. The van der Waals surface area contributed by atoms with E-state index in [9.17, 15) is 14.7 Å². The van der Waals surface area contributed by atoms with Crippen LogP contribution in [0.2, 0.25) is 5.02 Å². The number of hydrogen-bond donors (Lipinski definition) is 3. The van der Waals surface area contributed by atoms with Crippen molar-refractivity contribution in [3.05, 3.63) is 105 Å². The number of nitrogens with two attached hydrogens (primary N) is 1. The maximum absolute atomic E-state index is 14.5. The van der Waals surface area contributed by atoms with Crippen LogP contribution in [0.5, 0.6) is 5.75 Å². The largest absolute Gasteiger partial charge is 0.508 e. The number of halogens is 1. The van der Waals surface area contributed by atoms with Gasteiger partial charge in [-0.15, -0.1) is 0 Å². The number of amides is 1. The van der Waals surface area contributed by atoms with E-state index < -0.39 is 0 Å². The van der Waals surface area contributed by atoms with Crippen LogP contribution < -0.4 is 16.6 Å². The van der Waals surface area contributed by atoms with Gasteiger partial charge in [-0.05, 0) is 73.2 Å². The maximum Gasteiger partial charge on any atom is 0.262 e. The van der Waals surface area contributed by atoms with Crippen molar-refractivity contribution in [3.63, 3.8) is 0 Å². The fourth-order valence-corrected chi connectivity index (χ4v) is 6.54. The van der Waals surface area contributed by atoms with Gasteiger partial charge in [0.05, 0.1) is 22.8 Å². The third kappa shape index (κ3) is 6.83. The first-order chi connectivity index (χ1) is 23.9. The molecule has 4 heterocycles. The molecule has 0 atom stereocenters. The van der Waals surface area contributed by atoms with E-state index in [1.165, 1.54) is 6.33 Å². The lowest BCUT2D eigenvalue weighted by atomic mass is 10.0. The number of phenolic OH excluding ortho intramolecular Hbond substituents is 1. The molecule has 1 aliphatic rings. The van der Waals surface area contributed by atoms with Gasteiger partial charge in [0.1, 0.15) is 36.0 Å². The van der Waals surface area contributed by atoms with Crippen LogP contribution in [0.1, 0.15) is 42.6 Å². The summed E-state index contributed by atoms with van der Waals surface area (Å²) in [6, 6.07) is 19.8. The average Bonchev–Trinajstić information content (AvgIpc) is 3.47. The summed E-state index contributed by atoms with van der Waals surface area (Å²) < 4.78 is 8.68. The molecule has 1 amide bonds. The molecule has 3 aromatic heterocycles. The van der Waals surface area contributed by atoms with E-state index in [-0.39, 0.29) is 42.2 Å². The summed E-state index contributed by atoms with van der Waals surface area (Å²) in [6.45, 7) is 1.60. The van der Waals surface area contributed by atoms with Gasteiger partial charge in [-0.3, -0.25) is 14.2 Å². The highest BCUT2D eigenvalue weighted by atomic mass is 35.5. The molecule has 12 nitrogen and oxygen atoms in total. The van der Waals surface area contributed by atoms with Crippen molar-refractivity contribution in [1.82, 2.24) is 34.6 Å². The molecule has 1 fully saturated rings. The van der Waals surface area contributed by atoms with E-state index in [1.807, 2.05) is 36.4 Å². The number of fused-ring (bicyclic) bond motifs is 2. The van der Waals surface area contributed by atoms with Gasteiger partial charge in [0.15, 0.2) is 5.65 Å². The van der Waals surface area contributed by atoms with Crippen LogP contribution in [0.3, 0.4) is 0 Å². The minimum absolute atomic E-state index is 0.00578. The van der Waals surface area contributed by atoms with Crippen molar-refractivity contribution in [1.29, 1.82) is 0 Å². The number of phenols is 1. The molecule has 1 saturated heterocycles. The van der Waals surface area contributed by atoms with Gasteiger partial charge in [0, 0.05) is 36.3 Å². The Morgan fingerprint density at radius 1 is 0.980 bits per heavy atom. The Morgan fingerprint density at radius 3 is 2.55 bits per heavy atom. The second kappa shape index (κ2) is 14.0. The van der Waals surface area contributed by atoms with Gasteiger partial charge >= 0.3 is 0 Å². The Bertz CT molecular complexity index is 2210. The number of nitrogens with one attached hydrogen (secondary N) is 1. The van der Waals surface area contributed by atoms with Gasteiger partial charge in [-0.25, -0.2) is 19.6 Å². The summed E-state index contributed by atoms with van der Waals surface area (Å²) in [5, 5.41) is 19.4. The minimum atomic E-state index is -0.216. The second-order valence-electron chi connectivity index (χ2n) is 12.1. The summed E-state index contributed by atoms with van der Waals surface area (Å²) in [7, 11) is 0. The lowest BCUT2D eigenvalue weighted by Crippen LogP contribution is -2.38. The minimum Gasteiger partial charge on any atom is -0.508 e. The molecule has 0 aliphatic carbocycles. The number of aromatic hydroxyl groups is 1. The predicted molar refractivity (Wildman–Crippen MR) is 187 cm³/mol. The van der Waals surface area contributed by atoms with E-state index in [0.29, 0.717) is 76.5 Å². The molecular formula is C36H35ClN8O4. The zero-order valence-corrected chi connectivity index (χ0v) is 27.4. The fraction of sp³-hybridized carbons (Fsp3) is 0.278. The molecule has 6 aromatic rings. The predicted octanol–water partition coefficient (Wildman–Crippen LogP) is 4.86. The SMILES string of the molecule is Nc1ncnc2c1c(-c1ccc(O)cc1)nn2Cc1nc2cccc(CCCC(=O)NC3CCOCC3)c2c(=O)n1Cc1ccccc1Cl. The molecule has 1 aliphatic heterocycles. The zero-order valence-electron chi connectivity index (χ0n) is 26.7. The number of carbonyl (C=O) groups is 1. The number of nitrogens with zero attached hydrogens (tertiary/aromatic N) is 6. The highest BCUT2D eigenvalue weighted by Gasteiger charge is 2.22. The van der Waals surface area contributed by atoms with Crippen LogP contribution in [0.15, 0.2) is 77.9 Å². The quantitative estimate of drug-likeness (QED) is 0.184. The number of anilines is 1. The number of hydrogen-bond acceptors (Lipinski definition) is 9. The number of aromatic nitrogens is 6. The second-order valence-corrected chi connectivity index (χ2v) is 12.5. The monoisotopic (exact) mass is 678 g/mol. The topological polar surface area (TPSA) is 163 Å². The third-order valence-corrected chi connectivity index (χ3v) is 9.23. The Labute approximate surface area is 286 Å². The summed E-state index contributed by atoms with van der Waals surface area (Å²) in [5.74, 6) is 0.833. The zero-order chi connectivity index (χ0) is 33.9. The number of carbonyl (C=O) groups excluding carboxylic acids is 1. The van der Waals surface area contributed by atoms with Crippen molar-refractivity contribution in [2.24, 2.45) is 0 Å². The smallest absolute Gasteiger partial charge is 0.262 e. The number of nitrogen functional groups attached to an aromatic ring is 1. The molecule has 0 spiro atoms. The number of aryl methyl sites for hydroxylation is 1. The molecule has 0 unspecified atom stereocenters. The lowest BCUT2D eigenvalue weighted by molar-refractivity contribution is -0.122. The van der Waals surface area contributed by atoms with Crippen LogP contribution in [0, 0.1) is 0 Å². The molecule has 0 saturated carbocycles. The lowest BCUT2D eigenvalue weighted by Gasteiger charge is -2.23. The van der Waals surface area contributed by atoms with Crippen LogP contribution >= 0.6 is 11.6 Å². The van der Waals surface area contributed by atoms with Crippen LogP contribution in [-0.2, 0) is 29.0 Å². The highest BCUT2D eigenvalue weighted by Crippen LogP contribution is 2.31. The van der Waals surface area contributed by atoms with Crippen LogP contribution in [0.25, 0.3) is 33.2 Å². The Kier molecular flexibility index (Phi) is 9.23. The van der Waals surface area contributed by atoms with E-state index in [4.69, 9.17) is 32.2 Å². The molecule has 3 aromatic carbocycles. The Morgan fingerprint density at radius 2 is 1.76 bits per heavy atom. The highest BCUT2D eigenvalue weighted by molar-refractivity contribution is 6.31.